The number of carbonyl (C=O) groups excluding carboxylic acids is 1. The van der Waals surface area contributed by atoms with Crippen LogP contribution in [0.4, 0.5) is 5.13 Å². The van der Waals surface area contributed by atoms with E-state index in [1.54, 1.807) is 17.7 Å². The molecule has 0 atom stereocenters. The first kappa shape index (κ1) is 15.1. The van der Waals surface area contributed by atoms with E-state index in [-0.39, 0.29) is 5.91 Å². The van der Waals surface area contributed by atoms with E-state index in [0.29, 0.717) is 5.56 Å². The molecule has 1 saturated heterocycles. The average molecular weight is 341 g/mol. The number of anilines is 1. The monoisotopic (exact) mass is 341 g/mol. The Balaban J connectivity index is 1.47. The van der Waals surface area contributed by atoms with Crippen LogP contribution in [0.25, 0.3) is 11.0 Å². The predicted octanol–water partition coefficient (Wildman–Crippen LogP) is 2.30. The molecule has 1 fully saturated rings. The fourth-order valence-electron chi connectivity index (χ4n) is 3.04. The van der Waals surface area contributed by atoms with Crippen LogP contribution in [-0.2, 0) is 7.05 Å². The molecule has 0 spiro atoms. The summed E-state index contributed by atoms with van der Waals surface area (Å²) in [5.41, 5.74) is 3.66. The standard InChI is InChI=1S/C17H19N5OS/c1-12-10-24-17(19-12)22-7-5-21(6-8-22)16(23)13-3-4-15-14(9-13)18-11-20(15)2/h3-4,9-11H,5-8H2,1-2H3. The van der Waals surface area contributed by atoms with Gasteiger partial charge in [-0.15, -0.1) is 11.3 Å². The molecule has 0 unspecified atom stereocenters. The van der Waals surface area contributed by atoms with Crippen molar-refractivity contribution in [1.29, 1.82) is 0 Å². The maximum absolute atomic E-state index is 12.8. The Hall–Kier alpha value is -2.41. The van der Waals surface area contributed by atoms with Crippen LogP contribution in [0.5, 0.6) is 0 Å². The fourth-order valence-corrected chi connectivity index (χ4v) is 3.90. The fraction of sp³-hybridized carbons (Fsp3) is 0.353. The van der Waals surface area contributed by atoms with Crippen molar-refractivity contribution in [3.63, 3.8) is 0 Å². The minimum Gasteiger partial charge on any atom is -0.345 e. The topological polar surface area (TPSA) is 54.3 Å². The summed E-state index contributed by atoms with van der Waals surface area (Å²) in [5.74, 6) is 0.0810. The van der Waals surface area contributed by atoms with Gasteiger partial charge in [-0.05, 0) is 25.1 Å². The minimum absolute atomic E-state index is 0.0810. The van der Waals surface area contributed by atoms with E-state index in [0.717, 1.165) is 48.0 Å². The molecule has 2 aromatic heterocycles. The molecule has 0 radical (unpaired) electrons. The van der Waals surface area contributed by atoms with Crippen LogP contribution in [0, 0.1) is 6.92 Å². The van der Waals surface area contributed by atoms with E-state index >= 15 is 0 Å². The molecule has 7 heteroatoms. The Morgan fingerprint density at radius 1 is 1.21 bits per heavy atom. The number of fused-ring (bicyclic) bond motifs is 1. The highest BCUT2D eigenvalue weighted by atomic mass is 32.1. The lowest BCUT2D eigenvalue weighted by Gasteiger charge is -2.34. The van der Waals surface area contributed by atoms with Gasteiger partial charge < -0.3 is 14.4 Å². The lowest BCUT2D eigenvalue weighted by Crippen LogP contribution is -2.48. The summed E-state index contributed by atoms with van der Waals surface area (Å²) in [5, 5.41) is 3.11. The Bertz CT molecular complexity index is 891. The number of thiazole rings is 1. The largest absolute Gasteiger partial charge is 0.345 e. The number of carbonyl (C=O) groups is 1. The highest BCUT2D eigenvalue weighted by Gasteiger charge is 2.23. The molecule has 4 rings (SSSR count). The minimum atomic E-state index is 0.0810. The third kappa shape index (κ3) is 2.65. The van der Waals surface area contributed by atoms with Gasteiger partial charge in [-0.3, -0.25) is 4.79 Å². The smallest absolute Gasteiger partial charge is 0.254 e. The molecular weight excluding hydrogens is 322 g/mol. The molecule has 3 aromatic rings. The number of nitrogens with zero attached hydrogens (tertiary/aromatic N) is 5. The van der Waals surface area contributed by atoms with E-state index in [4.69, 9.17) is 0 Å². The molecule has 1 aliphatic heterocycles. The number of imidazole rings is 1. The van der Waals surface area contributed by atoms with Gasteiger partial charge in [-0.2, -0.15) is 0 Å². The van der Waals surface area contributed by atoms with Gasteiger partial charge in [0.2, 0.25) is 0 Å². The molecule has 6 nitrogen and oxygen atoms in total. The summed E-state index contributed by atoms with van der Waals surface area (Å²) in [6.07, 6.45) is 1.77. The summed E-state index contributed by atoms with van der Waals surface area (Å²) in [6, 6.07) is 5.74. The molecule has 124 valence electrons. The number of hydrogen-bond acceptors (Lipinski definition) is 5. The number of aromatic nitrogens is 3. The van der Waals surface area contributed by atoms with Crippen LogP contribution in [-0.4, -0.2) is 51.5 Å². The summed E-state index contributed by atoms with van der Waals surface area (Å²) >= 11 is 1.67. The lowest BCUT2D eigenvalue weighted by molar-refractivity contribution is 0.0747. The lowest BCUT2D eigenvalue weighted by atomic mass is 10.1. The van der Waals surface area contributed by atoms with Gasteiger partial charge in [0.25, 0.3) is 5.91 Å². The van der Waals surface area contributed by atoms with Crippen molar-refractivity contribution in [1.82, 2.24) is 19.4 Å². The maximum atomic E-state index is 12.8. The third-order valence-corrected chi connectivity index (χ3v) is 5.44. The Labute approximate surface area is 144 Å². The zero-order valence-electron chi connectivity index (χ0n) is 13.8. The van der Waals surface area contributed by atoms with Crippen molar-refractivity contribution in [2.24, 2.45) is 7.05 Å². The Kier molecular flexibility index (Phi) is 3.72. The second kappa shape index (κ2) is 5.90. The zero-order valence-corrected chi connectivity index (χ0v) is 14.6. The van der Waals surface area contributed by atoms with Crippen molar-refractivity contribution in [2.45, 2.75) is 6.92 Å². The second-order valence-electron chi connectivity index (χ2n) is 6.11. The van der Waals surface area contributed by atoms with E-state index in [2.05, 4.69) is 20.2 Å². The SMILES string of the molecule is Cc1csc(N2CCN(C(=O)c3ccc4c(c3)ncn4C)CC2)n1. The Morgan fingerprint density at radius 3 is 2.71 bits per heavy atom. The normalized spacial score (nSPS) is 15.2. The summed E-state index contributed by atoms with van der Waals surface area (Å²) in [6.45, 7) is 5.10. The molecule has 0 bridgehead atoms. The molecule has 1 aliphatic rings. The van der Waals surface area contributed by atoms with Gasteiger partial charge >= 0.3 is 0 Å². The van der Waals surface area contributed by atoms with Gasteiger partial charge in [0.1, 0.15) is 0 Å². The highest BCUT2D eigenvalue weighted by molar-refractivity contribution is 7.13. The van der Waals surface area contributed by atoms with Crippen molar-refractivity contribution in [3.8, 4) is 0 Å². The molecule has 0 saturated carbocycles. The number of rotatable bonds is 2. The maximum Gasteiger partial charge on any atom is 0.254 e. The highest BCUT2D eigenvalue weighted by Crippen LogP contribution is 2.22. The summed E-state index contributed by atoms with van der Waals surface area (Å²) in [7, 11) is 1.95. The van der Waals surface area contributed by atoms with Crippen LogP contribution >= 0.6 is 11.3 Å². The summed E-state index contributed by atoms with van der Waals surface area (Å²) in [4.78, 5) is 25.8. The first-order chi connectivity index (χ1) is 11.6. The first-order valence-electron chi connectivity index (χ1n) is 7.99. The quantitative estimate of drug-likeness (QED) is 0.718. The van der Waals surface area contributed by atoms with Gasteiger partial charge in [0.15, 0.2) is 5.13 Å². The zero-order chi connectivity index (χ0) is 16.7. The second-order valence-corrected chi connectivity index (χ2v) is 6.95. The van der Waals surface area contributed by atoms with E-state index in [1.807, 2.05) is 41.6 Å². The molecular formula is C17H19N5OS. The van der Waals surface area contributed by atoms with E-state index in [1.165, 1.54) is 0 Å². The van der Waals surface area contributed by atoms with Crippen molar-refractivity contribution in [2.75, 3.05) is 31.1 Å². The van der Waals surface area contributed by atoms with Gasteiger partial charge in [0.05, 0.1) is 23.1 Å². The van der Waals surface area contributed by atoms with E-state index in [9.17, 15) is 4.79 Å². The predicted molar refractivity (Wildman–Crippen MR) is 95.7 cm³/mol. The molecule has 1 amide bonds. The van der Waals surface area contributed by atoms with Crippen LogP contribution in [0.2, 0.25) is 0 Å². The van der Waals surface area contributed by atoms with Crippen LogP contribution < -0.4 is 4.90 Å². The number of benzene rings is 1. The van der Waals surface area contributed by atoms with Crippen LogP contribution in [0.3, 0.4) is 0 Å². The third-order valence-electron chi connectivity index (χ3n) is 4.42. The average Bonchev–Trinajstić information content (AvgIpc) is 3.20. The van der Waals surface area contributed by atoms with Crippen molar-refractivity contribution >= 4 is 33.4 Å². The number of amides is 1. The number of aryl methyl sites for hydroxylation is 2. The van der Waals surface area contributed by atoms with Crippen LogP contribution in [0.15, 0.2) is 29.9 Å². The number of hydrogen-bond donors (Lipinski definition) is 0. The van der Waals surface area contributed by atoms with Gasteiger partial charge in [-0.25, -0.2) is 9.97 Å². The molecule has 1 aromatic carbocycles. The molecule has 24 heavy (non-hydrogen) atoms. The van der Waals surface area contributed by atoms with Gasteiger partial charge in [0, 0.05) is 44.2 Å². The van der Waals surface area contributed by atoms with Crippen molar-refractivity contribution < 1.29 is 4.79 Å². The molecule has 0 aliphatic carbocycles. The first-order valence-corrected chi connectivity index (χ1v) is 8.87. The molecule has 0 N–H and O–H groups in total. The van der Waals surface area contributed by atoms with Crippen molar-refractivity contribution in [3.05, 3.63) is 41.2 Å². The number of piperazine rings is 1. The van der Waals surface area contributed by atoms with Gasteiger partial charge in [-0.1, -0.05) is 0 Å². The molecule has 3 heterocycles. The van der Waals surface area contributed by atoms with E-state index < -0.39 is 0 Å². The van der Waals surface area contributed by atoms with Crippen LogP contribution in [0.1, 0.15) is 16.1 Å². The Morgan fingerprint density at radius 2 is 2.00 bits per heavy atom. The summed E-state index contributed by atoms with van der Waals surface area (Å²) < 4.78 is 1.96.